The maximum atomic E-state index is 11.7. The van der Waals surface area contributed by atoms with Crippen LogP contribution in [0, 0.1) is 0 Å². The van der Waals surface area contributed by atoms with Gasteiger partial charge in [0.2, 0.25) is 6.41 Å². The molecule has 1 amide bonds. The quantitative estimate of drug-likeness (QED) is 0.456. The average Bonchev–Trinajstić information content (AvgIpc) is 2.39. The number of anilines is 1. The third-order valence-corrected chi connectivity index (χ3v) is 2.14. The molecule has 0 heterocycles. The van der Waals surface area contributed by atoms with Crippen molar-refractivity contribution in [1.29, 1.82) is 0 Å². The molecule has 1 aromatic carbocycles. The zero-order chi connectivity index (χ0) is 13.2. The molecule has 4 heteroatoms. The lowest BCUT2D eigenvalue weighted by atomic mass is 10.2. The van der Waals surface area contributed by atoms with Crippen molar-refractivity contribution in [3.8, 4) is 0 Å². The zero-order valence-corrected chi connectivity index (χ0v) is 9.96. The number of rotatable bonds is 7. The molecule has 0 aliphatic rings. The summed E-state index contributed by atoms with van der Waals surface area (Å²) in [5, 5.41) is 2.46. The summed E-state index contributed by atoms with van der Waals surface area (Å²) in [7, 11) is 0. The van der Waals surface area contributed by atoms with Crippen molar-refractivity contribution in [2.75, 3.05) is 11.9 Å². The summed E-state index contributed by atoms with van der Waals surface area (Å²) in [5.41, 5.74) is 0.772. The molecule has 0 aliphatic carbocycles. The molecule has 1 aromatic rings. The molecule has 1 N–H and O–H groups in total. The highest BCUT2D eigenvalue weighted by molar-refractivity contribution is 5.97. The van der Waals surface area contributed by atoms with Crippen LogP contribution in [0.25, 0.3) is 0 Å². The number of para-hydroxylation sites is 1. The smallest absolute Gasteiger partial charge is 0.340 e. The van der Waals surface area contributed by atoms with Crippen LogP contribution in [-0.2, 0) is 9.53 Å². The summed E-state index contributed by atoms with van der Waals surface area (Å²) < 4.78 is 5.05. The Morgan fingerprint density at radius 1 is 1.33 bits per heavy atom. The fraction of sp³-hybridized carbons (Fsp3) is 0.143. The maximum Gasteiger partial charge on any atom is 0.340 e. The third-order valence-electron chi connectivity index (χ3n) is 2.14. The van der Waals surface area contributed by atoms with Crippen molar-refractivity contribution in [2.24, 2.45) is 0 Å². The van der Waals surface area contributed by atoms with Crippen molar-refractivity contribution in [2.45, 2.75) is 6.42 Å². The molecule has 0 saturated carbocycles. The van der Waals surface area contributed by atoms with Crippen LogP contribution in [0.15, 0.2) is 49.1 Å². The topological polar surface area (TPSA) is 55.4 Å². The predicted octanol–water partition coefficient (Wildman–Crippen LogP) is 2.54. The summed E-state index contributed by atoms with van der Waals surface area (Å²) in [4.78, 5) is 22.1. The number of hydrogen-bond donors (Lipinski definition) is 1. The number of hydrogen-bond acceptors (Lipinski definition) is 3. The van der Waals surface area contributed by atoms with Gasteiger partial charge in [-0.25, -0.2) is 4.79 Å². The molecule has 0 spiro atoms. The van der Waals surface area contributed by atoms with Gasteiger partial charge in [-0.3, -0.25) is 4.79 Å². The number of carbonyl (C=O) groups is 2. The Morgan fingerprint density at radius 3 is 2.83 bits per heavy atom. The van der Waals surface area contributed by atoms with E-state index in [1.54, 1.807) is 36.4 Å². The van der Waals surface area contributed by atoms with Crippen LogP contribution in [0.3, 0.4) is 0 Å². The fourth-order valence-electron chi connectivity index (χ4n) is 1.31. The van der Waals surface area contributed by atoms with Crippen LogP contribution in [0.2, 0.25) is 0 Å². The molecule has 18 heavy (non-hydrogen) atoms. The zero-order valence-electron chi connectivity index (χ0n) is 9.96. The van der Waals surface area contributed by atoms with Gasteiger partial charge in [-0.15, -0.1) is 6.58 Å². The summed E-state index contributed by atoms with van der Waals surface area (Å²) >= 11 is 0. The van der Waals surface area contributed by atoms with Gasteiger partial charge in [-0.2, -0.15) is 0 Å². The Bertz CT molecular complexity index is 452. The molecule has 0 unspecified atom stereocenters. The van der Waals surface area contributed by atoms with Gasteiger partial charge in [0.1, 0.15) is 6.61 Å². The molecule has 0 radical (unpaired) electrons. The second kappa shape index (κ2) is 7.84. The number of benzene rings is 1. The molecule has 0 saturated heterocycles. The first-order chi connectivity index (χ1) is 8.79. The van der Waals surface area contributed by atoms with Crippen molar-refractivity contribution >= 4 is 18.1 Å². The van der Waals surface area contributed by atoms with E-state index in [2.05, 4.69) is 11.9 Å². The molecule has 0 atom stereocenters. The van der Waals surface area contributed by atoms with E-state index in [9.17, 15) is 9.59 Å². The minimum Gasteiger partial charge on any atom is -0.458 e. The van der Waals surface area contributed by atoms with Crippen LogP contribution in [0.5, 0.6) is 0 Å². The van der Waals surface area contributed by atoms with Gasteiger partial charge in [0, 0.05) is 0 Å². The normalized spacial score (nSPS) is 10.0. The van der Waals surface area contributed by atoms with E-state index >= 15 is 0 Å². The minimum atomic E-state index is -0.469. The van der Waals surface area contributed by atoms with E-state index in [-0.39, 0.29) is 6.61 Å². The molecule has 0 bridgehead atoms. The van der Waals surface area contributed by atoms with Crippen molar-refractivity contribution in [1.82, 2.24) is 0 Å². The van der Waals surface area contributed by atoms with Crippen LogP contribution < -0.4 is 5.32 Å². The predicted molar refractivity (Wildman–Crippen MR) is 70.4 cm³/mol. The van der Waals surface area contributed by atoms with E-state index in [0.717, 1.165) is 6.42 Å². The van der Waals surface area contributed by atoms with Crippen LogP contribution >= 0.6 is 0 Å². The third kappa shape index (κ3) is 4.25. The van der Waals surface area contributed by atoms with Gasteiger partial charge in [0.15, 0.2) is 0 Å². The minimum absolute atomic E-state index is 0.197. The number of ether oxygens (including phenoxy) is 1. The lowest BCUT2D eigenvalue weighted by Gasteiger charge is -2.06. The van der Waals surface area contributed by atoms with Crippen LogP contribution in [0.1, 0.15) is 16.8 Å². The van der Waals surface area contributed by atoms with Gasteiger partial charge in [0.05, 0.1) is 11.3 Å². The first-order valence-electron chi connectivity index (χ1n) is 5.51. The Kier molecular flexibility index (Phi) is 5.97. The SMILES string of the molecule is C=CCC=CCOC(=O)c1ccccc1NC=O. The molecule has 94 valence electrons. The Labute approximate surface area is 106 Å². The lowest BCUT2D eigenvalue weighted by molar-refractivity contribution is -0.105. The van der Waals surface area contributed by atoms with Gasteiger partial charge in [-0.1, -0.05) is 30.4 Å². The number of amides is 1. The first-order valence-corrected chi connectivity index (χ1v) is 5.51. The highest BCUT2D eigenvalue weighted by Crippen LogP contribution is 2.15. The van der Waals surface area contributed by atoms with Gasteiger partial charge < -0.3 is 10.1 Å². The standard InChI is InChI=1S/C14H15NO3/c1-2-3-4-7-10-18-14(17)12-8-5-6-9-13(12)15-11-16/h2,4-9,11H,1,3,10H2,(H,15,16). The molecule has 0 aliphatic heterocycles. The van der Waals surface area contributed by atoms with E-state index < -0.39 is 5.97 Å². The summed E-state index contributed by atoms with van der Waals surface area (Å²) in [6.45, 7) is 3.77. The monoisotopic (exact) mass is 245 g/mol. The second-order valence-corrected chi connectivity index (χ2v) is 3.40. The van der Waals surface area contributed by atoms with Crippen molar-refractivity contribution < 1.29 is 14.3 Å². The summed E-state index contributed by atoms with van der Waals surface area (Å²) in [6, 6.07) is 6.67. The first kappa shape index (κ1) is 13.7. The van der Waals surface area contributed by atoms with Gasteiger partial charge >= 0.3 is 5.97 Å². The molecular formula is C14H15NO3. The Morgan fingerprint density at radius 2 is 2.11 bits per heavy atom. The van der Waals surface area contributed by atoms with Crippen LogP contribution in [-0.4, -0.2) is 19.0 Å². The second-order valence-electron chi connectivity index (χ2n) is 3.40. The Balaban J connectivity index is 2.60. The average molecular weight is 245 g/mol. The van der Waals surface area contributed by atoms with E-state index in [0.29, 0.717) is 17.7 Å². The summed E-state index contributed by atoms with van der Waals surface area (Å²) in [5.74, 6) is -0.469. The molecule has 4 nitrogen and oxygen atoms in total. The Hall–Kier alpha value is -2.36. The maximum absolute atomic E-state index is 11.7. The highest BCUT2D eigenvalue weighted by atomic mass is 16.5. The van der Waals surface area contributed by atoms with Gasteiger partial charge in [-0.05, 0) is 18.6 Å². The molecular weight excluding hydrogens is 230 g/mol. The van der Waals surface area contributed by atoms with E-state index in [1.807, 2.05) is 6.08 Å². The molecule has 0 aromatic heterocycles. The largest absolute Gasteiger partial charge is 0.458 e. The number of esters is 1. The van der Waals surface area contributed by atoms with Crippen molar-refractivity contribution in [3.63, 3.8) is 0 Å². The van der Waals surface area contributed by atoms with Gasteiger partial charge in [0.25, 0.3) is 0 Å². The van der Waals surface area contributed by atoms with Crippen LogP contribution in [0.4, 0.5) is 5.69 Å². The number of nitrogens with one attached hydrogen (secondary N) is 1. The van der Waals surface area contributed by atoms with E-state index in [1.165, 1.54) is 0 Å². The highest BCUT2D eigenvalue weighted by Gasteiger charge is 2.10. The number of carbonyl (C=O) groups excluding carboxylic acids is 2. The number of allylic oxidation sites excluding steroid dienone is 2. The van der Waals surface area contributed by atoms with E-state index in [4.69, 9.17) is 4.74 Å². The van der Waals surface area contributed by atoms with Crippen molar-refractivity contribution in [3.05, 3.63) is 54.6 Å². The molecule has 1 rings (SSSR count). The molecule has 0 fully saturated rings. The fourth-order valence-corrected chi connectivity index (χ4v) is 1.31. The summed E-state index contributed by atoms with van der Waals surface area (Å²) in [6.07, 6.45) is 6.61. The lowest BCUT2D eigenvalue weighted by Crippen LogP contribution is -2.09.